The molecule has 0 aromatic heterocycles. The van der Waals surface area contributed by atoms with Gasteiger partial charge < -0.3 is 4.90 Å². The van der Waals surface area contributed by atoms with Gasteiger partial charge in [0.05, 0.1) is 6.07 Å². The highest BCUT2D eigenvalue weighted by molar-refractivity contribution is 8.00. The average molecular weight is 238 g/mol. The van der Waals surface area contributed by atoms with Crippen molar-refractivity contribution in [3.63, 3.8) is 0 Å². The van der Waals surface area contributed by atoms with Gasteiger partial charge in [-0.15, -0.1) is 11.8 Å². The third kappa shape index (κ3) is 1.93. The second kappa shape index (κ2) is 5.09. The summed E-state index contributed by atoms with van der Waals surface area (Å²) in [6.07, 6.45) is 6.02. The lowest BCUT2D eigenvalue weighted by Gasteiger charge is -2.49. The summed E-state index contributed by atoms with van der Waals surface area (Å²) in [4.78, 5) is 13.9. The molecule has 2 atom stereocenters. The van der Waals surface area contributed by atoms with Crippen LogP contribution in [0.4, 0.5) is 0 Å². The number of rotatable bonds is 3. The first kappa shape index (κ1) is 11.8. The van der Waals surface area contributed by atoms with E-state index >= 15 is 0 Å². The second-order valence-electron chi connectivity index (χ2n) is 4.49. The minimum atomic E-state index is -0.383. The molecule has 0 N–H and O–H groups in total. The molecule has 1 heterocycles. The molecule has 0 aromatic carbocycles. The Morgan fingerprint density at radius 2 is 2.12 bits per heavy atom. The Morgan fingerprint density at radius 1 is 1.44 bits per heavy atom. The first-order chi connectivity index (χ1) is 7.79. The van der Waals surface area contributed by atoms with Gasteiger partial charge in [0.1, 0.15) is 5.37 Å². The number of carbonyl (C=O) groups excluding carboxylic acids is 1. The van der Waals surface area contributed by atoms with Crippen LogP contribution in [0.25, 0.3) is 0 Å². The zero-order valence-corrected chi connectivity index (χ0v) is 10.5. The van der Waals surface area contributed by atoms with E-state index < -0.39 is 0 Å². The number of thioether (sulfide) groups is 1. The van der Waals surface area contributed by atoms with E-state index in [1.807, 2.05) is 4.90 Å². The van der Waals surface area contributed by atoms with Crippen LogP contribution in [-0.2, 0) is 4.79 Å². The van der Waals surface area contributed by atoms with Gasteiger partial charge in [0.15, 0.2) is 5.92 Å². The van der Waals surface area contributed by atoms with Gasteiger partial charge in [-0.2, -0.15) is 5.26 Å². The summed E-state index contributed by atoms with van der Waals surface area (Å²) in [6, 6.07) is 2.56. The van der Waals surface area contributed by atoms with Gasteiger partial charge in [-0.1, -0.05) is 26.2 Å². The Labute approximate surface area is 101 Å². The first-order valence-corrected chi connectivity index (χ1v) is 7.18. The highest BCUT2D eigenvalue weighted by Gasteiger charge is 2.50. The number of hydrogen-bond acceptors (Lipinski definition) is 3. The third-order valence-corrected chi connectivity index (χ3v) is 4.70. The SMILES string of the molecule is CCS[C@H]1[C@H](C#N)C(=O)N1C1CCCCC1. The standard InChI is InChI=1S/C12H18N2OS/c1-2-16-12-10(8-13)11(15)14(12)9-6-4-3-5-7-9/h9-10,12H,2-7H2,1H3/t10-,12+/m1/s1. The summed E-state index contributed by atoms with van der Waals surface area (Å²) in [5.74, 6) is 0.659. The van der Waals surface area contributed by atoms with Crippen LogP contribution < -0.4 is 0 Å². The van der Waals surface area contributed by atoms with Crippen LogP contribution in [0.1, 0.15) is 39.0 Å². The fraction of sp³-hybridized carbons (Fsp3) is 0.833. The molecule has 0 spiro atoms. The highest BCUT2D eigenvalue weighted by Crippen LogP contribution is 2.39. The molecule has 1 aliphatic carbocycles. The Balaban J connectivity index is 2.02. The largest absolute Gasteiger partial charge is 0.325 e. The lowest BCUT2D eigenvalue weighted by atomic mass is 9.88. The minimum Gasteiger partial charge on any atom is -0.325 e. The van der Waals surface area contributed by atoms with Gasteiger partial charge >= 0.3 is 0 Å². The third-order valence-electron chi connectivity index (χ3n) is 3.52. The van der Waals surface area contributed by atoms with Crippen LogP contribution in [-0.4, -0.2) is 28.0 Å². The summed E-state index contributed by atoms with van der Waals surface area (Å²) in [7, 11) is 0. The monoisotopic (exact) mass is 238 g/mol. The van der Waals surface area contributed by atoms with Gasteiger partial charge in [0.25, 0.3) is 0 Å². The molecule has 0 unspecified atom stereocenters. The van der Waals surface area contributed by atoms with Crippen molar-refractivity contribution >= 4 is 17.7 Å². The zero-order chi connectivity index (χ0) is 11.5. The number of carbonyl (C=O) groups is 1. The maximum absolute atomic E-state index is 11.9. The van der Waals surface area contributed by atoms with E-state index in [4.69, 9.17) is 5.26 Å². The fourth-order valence-electron chi connectivity index (χ4n) is 2.70. The van der Waals surface area contributed by atoms with Crippen molar-refractivity contribution in [1.82, 2.24) is 4.90 Å². The Kier molecular flexibility index (Phi) is 3.75. The number of β-lactam (4-membered cyclic amide) rings is 1. The van der Waals surface area contributed by atoms with Crippen LogP contribution in [0, 0.1) is 17.2 Å². The van der Waals surface area contributed by atoms with E-state index in [9.17, 15) is 4.79 Å². The van der Waals surface area contributed by atoms with Crippen LogP contribution >= 0.6 is 11.8 Å². The average Bonchev–Trinajstić information content (AvgIpc) is 2.31. The minimum absolute atomic E-state index is 0.0698. The molecular formula is C12H18N2OS. The number of nitrogens with zero attached hydrogens (tertiary/aromatic N) is 2. The topological polar surface area (TPSA) is 44.1 Å². The molecule has 2 rings (SSSR count). The molecule has 1 saturated heterocycles. The predicted molar refractivity (Wildman–Crippen MR) is 64.7 cm³/mol. The molecule has 88 valence electrons. The quantitative estimate of drug-likeness (QED) is 0.709. The van der Waals surface area contributed by atoms with Crippen molar-refractivity contribution in [2.75, 3.05) is 5.75 Å². The second-order valence-corrected chi connectivity index (χ2v) is 5.88. The molecule has 4 heteroatoms. The molecular weight excluding hydrogens is 220 g/mol. The van der Waals surface area contributed by atoms with Gasteiger partial charge in [0, 0.05) is 6.04 Å². The molecule has 1 saturated carbocycles. The van der Waals surface area contributed by atoms with Crippen LogP contribution in [0.15, 0.2) is 0 Å². The lowest BCUT2D eigenvalue weighted by molar-refractivity contribution is -0.151. The van der Waals surface area contributed by atoms with E-state index in [-0.39, 0.29) is 17.2 Å². The smallest absolute Gasteiger partial charge is 0.244 e. The van der Waals surface area contributed by atoms with Gasteiger partial charge in [-0.25, -0.2) is 0 Å². The van der Waals surface area contributed by atoms with Crippen molar-refractivity contribution in [2.24, 2.45) is 5.92 Å². The highest BCUT2D eigenvalue weighted by atomic mass is 32.2. The van der Waals surface area contributed by atoms with Gasteiger partial charge in [0.2, 0.25) is 5.91 Å². The summed E-state index contributed by atoms with van der Waals surface area (Å²) in [6.45, 7) is 2.08. The fourth-order valence-corrected chi connectivity index (χ4v) is 3.85. The lowest BCUT2D eigenvalue weighted by Crippen LogP contribution is -2.62. The molecule has 2 aliphatic rings. The van der Waals surface area contributed by atoms with E-state index in [1.165, 1.54) is 19.3 Å². The van der Waals surface area contributed by atoms with E-state index in [0.29, 0.717) is 6.04 Å². The molecule has 0 radical (unpaired) electrons. The maximum atomic E-state index is 11.9. The Morgan fingerprint density at radius 3 is 2.69 bits per heavy atom. The number of likely N-dealkylation sites (tertiary alicyclic amines) is 1. The van der Waals surface area contributed by atoms with E-state index in [1.54, 1.807) is 11.8 Å². The Bertz CT molecular complexity index is 307. The first-order valence-electron chi connectivity index (χ1n) is 6.13. The van der Waals surface area contributed by atoms with Crippen molar-refractivity contribution in [3.05, 3.63) is 0 Å². The van der Waals surface area contributed by atoms with Crippen LogP contribution in [0.2, 0.25) is 0 Å². The van der Waals surface area contributed by atoms with Crippen molar-refractivity contribution in [2.45, 2.75) is 50.4 Å². The van der Waals surface area contributed by atoms with Gasteiger partial charge in [-0.05, 0) is 18.6 Å². The predicted octanol–water partition coefficient (Wildman–Crippen LogP) is 2.38. The van der Waals surface area contributed by atoms with Crippen LogP contribution in [0.5, 0.6) is 0 Å². The van der Waals surface area contributed by atoms with E-state index in [0.717, 1.165) is 18.6 Å². The molecule has 1 amide bonds. The zero-order valence-electron chi connectivity index (χ0n) is 9.69. The van der Waals surface area contributed by atoms with Crippen LogP contribution in [0.3, 0.4) is 0 Å². The number of nitriles is 1. The molecule has 0 aromatic rings. The Hall–Kier alpha value is -0.690. The normalized spacial score (nSPS) is 31.0. The molecule has 3 nitrogen and oxygen atoms in total. The molecule has 0 bridgehead atoms. The molecule has 1 aliphatic heterocycles. The van der Waals surface area contributed by atoms with Gasteiger partial charge in [-0.3, -0.25) is 4.79 Å². The van der Waals surface area contributed by atoms with E-state index in [2.05, 4.69) is 13.0 Å². The summed E-state index contributed by atoms with van der Waals surface area (Å²) in [5.41, 5.74) is 0. The summed E-state index contributed by atoms with van der Waals surface area (Å²) in [5, 5.41) is 9.09. The van der Waals surface area contributed by atoms with Crippen molar-refractivity contribution in [1.29, 1.82) is 5.26 Å². The van der Waals surface area contributed by atoms with Crippen molar-refractivity contribution in [3.8, 4) is 6.07 Å². The number of amides is 1. The molecule has 16 heavy (non-hydrogen) atoms. The van der Waals surface area contributed by atoms with Crippen molar-refractivity contribution < 1.29 is 4.79 Å². The summed E-state index contributed by atoms with van der Waals surface area (Å²) >= 11 is 1.74. The number of hydrogen-bond donors (Lipinski definition) is 0. The molecule has 2 fully saturated rings. The maximum Gasteiger partial charge on any atom is 0.244 e. The summed E-state index contributed by atoms with van der Waals surface area (Å²) < 4.78 is 0.